The van der Waals surface area contributed by atoms with E-state index in [2.05, 4.69) is 12.2 Å². The van der Waals surface area contributed by atoms with E-state index in [4.69, 9.17) is 27.9 Å². The van der Waals surface area contributed by atoms with Crippen LogP contribution in [0.25, 0.3) is 0 Å². The zero-order chi connectivity index (χ0) is 17.8. The van der Waals surface area contributed by atoms with Crippen LogP contribution in [0.1, 0.15) is 55.8 Å². The Labute approximate surface area is 159 Å². The van der Waals surface area contributed by atoms with Gasteiger partial charge in [-0.25, -0.2) is 0 Å². The molecule has 25 heavy (non-hydrogen) atoms. The van der Waals surface area contributed by atoms with Gasteiger partial charge in [-0.3, -0.25) is 4.79 Å². The summed E-state index contributed by atoms with van der Waals surface area (Å²) in [6.45, 7) is 2.17. The molecule has 0 heterocycles. The number of hydrogen-bond acceptors (Lipinski definition) is 2. The average Bonchev–Trinajstić information content (AvgIpc) is 2.52. The van der Waals surface area contributed by atoms with Crippen molar-refractivity contribution in [3.63, 3.8) is 0 Å². The fourth-order valence-electron chi connectivity index (χ4n) is 6.07. The summed E-state index contributed by atoms with van der Waals surface area (Å²) >= 11 is 12.3. The Morgan fingerprint density at radius 1 is 1.16 bits per heavy atom. The smallest absolute Gasteiger partial charge is 0.255 e. The van der Waals surface area contributed by atoms with Gasteiger partial charge in [-0.15, -0.1) is 0 Å². The third-order valence-electron chi connectivity index (χ3n) is 6.81. The van der Waals surface area contributed by atoms with E-state index in [1.165, 1.54) is 45.6 Å². The van der Waals surface area contributed by atoms with Crippen LogP contribution in [-0.2, 0) is 0 Å². The largest absolute Gasteiger partial charge is 0.494 e. The number of ether oxygens (including phenoxy) is 1. The molecular formula is C20H25Cl2NO2. The lowest BCUT2D eigenvalue weighted by molar-refractivity contribution is -0.0688. The second-order valence-corrected chi connectivity index (χ2v) is 9.29. The van der Waals surface area contributed by atoms with Gasteiger partial charge >= 0.3 is 0 Å². The molecule has 1 N–H and O–H groups in total. The summed E-state index contributed by atoms with van der Waals surface area (Å²) < 4.78 is 5.33. The zero-order valence-corrected chi connectivity index (χ0v) is 16.3. The lowest BCUT2D eigenvalue weighted by atomic mass is 9.48. The van der Waals surface area contributed by atoms with Gasteiger partial charge in [-0.2, -0.15) is 0 Å². The Balaban J connectivity index is 1.55. The summed E-state index contributed by atoms with van der Waals surface area (Å²) in [6, 6.07) is 3.38. The predicted molar refractivity (Wildman–Crippen MR) is 101 cm³/mol. The first-order valence-corrected chi connectivity index (χ1v) is 9.99. The van der Waals surface area contributed by atoms with Gasteiger partial charge in [0.25, 0.3) is 5.91 Å². The van der Waals surface area contributed by atoms with Crippen LogP contribution < -0.4 is 10.1 Å². The molecule has 0 aromatic heterocycles. The quantitative estimate of drug-likeness (QED) is 0.764. The molecule has 4 bridgehead atoms. The van der Waals surface area contributed by atoms with Gasteiger partial charge in [-0.1, -0.05) is 23.2 Å². The molecule has 1 aromatic carbocycles. The van der Waals surface area contributed by atoms with Gasteiger partial charge in [0.15, 0.2) is 0 Å². The highest BCUT2D eigenvalue weighted by Crippen LogP contribution is 2.61. The van der Waals surface area contributed by atoms with Gasteiger partial charge in [0.1, 0.15) is 5.75 Å². The lowest BCUT2D eigenvalue weighted by Crippen LogP contribution is -2.55. The second kappa shape index (κ2) is 6.35. The van der Waals surface area contributed by atoms with Gasteiger partial charge in [-0.05, 0) is 80.8 Å². The van der Waals surface area contributed by atoms with Crippen molar-refractivity contribution in [2.24, 2.45) is 23.2 Å². The fraction of sp³-hybridized carbons (Fsp3) is 0.650. The molecule has 4 fully saturated rings. The molecule has 5 rings (SSSR count). The minimum Gasteiger partial charge on any atom is -0.494 e. The molecule has 0 unspecified atom stereocenters. The van der Waals surface area contributed by atoms with Crippen LogP contribution in [0.3, 0.4) is 0 Å². The fourth-order valence-corrected chi connectivity index (χ4v) is 6.64. The van der Waals surface area contributed by atoms with E-state index in [0.717, 1.165) is 17.8 Å². The molecule has 0 aliphatic heterocycles. The number of amides is 1. The molecule has 136 valence electrons. The zero-order valence-electron chi connectivity index (χ0n) is 14.8. The highest BCUT2D eigenvalue weighted by Gasteiger charge is 2.53. The number of carbonyl (C=O) groups excluding carboxylic acids is 1. The van der Waals surface area contributed by atoms with E-state index in [1.807, 2.05) is 0 Å². The van der Waals surface area contributed by atoms with Gasteiger partial charge in [0, 0.05) is 11.1 Å². The van der Waals surface area contributed by atoms with Crippen LogP contribution >= 0.6 is 23.2 Å². The minimum absolute atomic E-state index is 0.149. The number of nitrogens with one attached hydrogen (secondary N) is 1. The van der Waals surface area contributed by atoms with Crippen molar-refractivity contribution >= 4 is 29.1 Å². The van der Waals surface area contributed by atoms with Crippen LogP contribution in [-0.4, -0.2) is 19.1 Å². The van der Waals surface area contributed by atoms with E-state index in [1.54, 1.807) is 12.1 Å². The van der Waals surface area contributed by atoms with E-state index in [-0.39, 0.29) is 17.4 Å². The van der Waals surface area contributed by atoms with E-state index in [0.29, 0.717) is 21.4 Å². The van der Waals surface area contributed by atoms with Crippen LogP contribution in [0.2, 0.25) is 10.0 Å². The number of methoxy groups -OCH3 is 1. The van der Waals surface area contributed by atoms with Gasteiger partial charge < -0.3 is 10.1 Å². The summed E-state index contributed by atoms with van der Waals surface area (Å²) in [5.74, 6) is 2.83. The number of benzene rings is 1. The second-order valence-electron chi connectivity index (χ2n) is 8.44. The van der Waals surface area contributed by atoms with Crippen LogP contribution in [0.4, 0.5) is 0 Å². The topological polar surface area (TPSA) is 38.3 Å². The average molecular weight is 382 g/mol. The number of halogens is 2. The first kappa shape index (κ1) is 17.5. The van der Waals surface area contributed by atoms with Crippen LogP contribution in [0.5, 0.6) is 5.75 Å². The Morgan fingerprint density at radius 2 is 1.72 bits per heavy atom. The van der Waals surface area contributed by atoms with Crippen molar-refractivity contribution in [1.82, 2.24) is 5.32 Å². The third kappa shape index (κ3) is 3.04. The molecule has 1 atom stereocenters. The standard InChI is InChI=1S/C20H25Cl2NO2/c1-11(20-8-12-3-13(9-20)5-14(4-12)10-20)23-19(24)16-6-15(21)7-17(22)18(16)25-2/h6-7,11-14H,3-5,8-10H2,1-2H3,(H,23,24)/t11-,12?,13?,14?,20?/m0/s1. The Hall–Kier alpha value is -0.930. The Bertz CT molecular complexity index is 668. The van der Waals surface area contributed by atoms with E-state index < -0.39 is 0 Å². The monoisotopic (exact) mass is 381 g/mol. The molecule has 4 aliphatic carbocycles. The van der Waals surface area contributed by atoms with Crippen molar-refractivity contribution in [2.45, 2.75) is 51.5 Å². The normalized spacial score (nSPS) is 34.0. The third-order valence-corrected chi connectivity index (χ3v) is 7.31. The predicted octanol–water partition coefficient (Wildman–Crippen LogP) is 5.34. The summed E-state index contributed by atoms with van der Waals surface area (Å²) in [7, 11) is 1.52. The maximum Gasteiger partial charge on any atom is 0.255 e. The number of rotatable bonds is 4. The lowest BCUT2D eigenvalue weighted by Gasteiger charge is -2.59. The summed E-state index contributed by atoms with van der Waals surface area (Å²) in [5.41, 5.74) is 0.677. The molecule has 4 aliphatic rings. The molecule has 5 heteroatoms. The first-order chi connectivity index (χ1) is 11.9. The SMILES string of the molecule is COc1c(Cl)cc(Cl)cc1C(=O)N[C@@H](C)C12CC3CC(CC(C3)C1)C2. The number of hydrogen-bond donors (Lipinski definition) is 1. The first-order valence-electron chi connectivity index (χ1n) is 9.24. The molecule has 3 nitrogen and oxygen atoms in total. The Morgan fingerprint density at radius 3 is 2.24 bits per heavy atom. The van der Waals surface area contributed by atoms with Gasteiger partial charge in [0.05, 0.1) is 17.7 Å². The van der Waals surface area contributed by atoms with Crippen molar-refractivity contribution in [1.29, 1.82) is 0 Å². The maximum absolute atomic E-state index is 12.9. The summed E-state index contributed by atoms with van der Waals surface area (Å²) in [4.78, 5) is 12.9. The van der Waals surface area contributed by atoms with E-state index >= 15 is 0 Å². The van der Waals surface area contributed by atoms with Crippen molar-refractivity contribution < 1.29 is 9.53 Å². The summed E-state index contributed by atoms with van der Waals surface area (Å²) in [5, 5.41) is 4.05. The van der Waals surface area contributed by atoms with Crippen LogP contribution in [0, 0.1) is 23.2 Å². The van der Waals surface area contributed by atoms with E-state index in [9.17, 15) is 4.79 Å². The molecule has 0 saturated heterocycles. The molecule has 0 spiro atoms. The maximum atomic E-state index is 12.9. The van der Waals surface area contributed by atoms with Crippen molar-refractivity contribution in [2.75, 3.05) is 7.11 Å². The number of carbonyl (C=O) groups is 1. The van der Waals surface area contributed by atoms with Crippen molar-refractivity contribution in [3.05, 3.63) is 27.7 Å². The van der Waals surface area contributed by atoms with Gasteiger partial charge in [0.2, 0.25) is 0 Å². The highest BCUT2D eigenvalue weighted by atomic mass is 35.5. The molecule has 1 amide bonds. The van der Waals surface area contributed by atoms with Crippen LogP contribution in [0.15, 0.2) is 12.1 Å². The van der Waals surface area contributed by atoms with Crippen molar-refractivity contribution in [3.8, 4) is 5.75 Å². The molecule has 4 saturated carbocycles. The minimum atomic E-state index is -0.149. The molecule has 0 radical (unpaired) electrons. The molecular weight excluding hydrogens is 357 g/mol. The summed E-state index contributed by atoms with van der Waals surface area (Å²) in [6.07, 6.45) is 7.97. The Kier molecular flexibility index (Phi) is 4.44. The highest BCUT2D eigenvalue weighted by molar-refractivity contribution is 6.36. The molecule has 1 aromatic rings.